The van der Waals surface area contributed by atoms with Crippen LogP contribution in [0, 0.1) is 11.8 Å². The molecule has 6 nitrogen and oxygen atoms in total. The standard InChI is InChI=1S/C14H19N3O3/c18-11-2-1-10-7-17(4-3-9(10)5-11)14(20)12-6-13(19)16-8-15-12/h6,8-11,18H,1-5,7H2,(H,15,16,19). The maximum Gasteiger partial charge on any atom is 0.272 e. The topological polar surface area (TPSA) is 86.3 Å². The predicted molar refractivity (Wildman–Crippen MR) is 72.2 cm³/mol. The lowest BCUT2D eigenvalue weighted by Gasteiger charge is -2.42. The van der Waals surface area contributed by atoms with Gasteiger partial charge in [-0.1, -0.05) is 0 Å². The first kappa shape index (κ1) is 13.3. The summed E-state index contributed by atoms with van der Waals surface area (Å²) in [5.74, 6) is 0.828. The number of carbonyl (C=O) groups excluding carboxylic acids is 1. The number of fused-ring (bicyclic) bond motifs is 1. The van der Waals surface area contributed by atoms with E-state index in [0.717, 1.165) is 25.7 Å². The van der Waals surface area contributed by atoms with E-state index >= 15 is 0 Å². The normalized spacial score (nSPS) is 29.9. The van der Waals surface area contributed by atoms with Gasteiger partial charge in [0.2, 0.25) is 0 Å². The maximum absolute atomic E-state index is 12.4. The number of nitrogens with one attached hydrogen (secondary N) is 1. The van der Waals surface area contributed by atoms with Crippen LogP contribution in [0.25, 0.3) is 0 Å². The van der Waals surface area contributed by atoms with Gasteiger partial charge in [0.05, 0.1) is 12.4 Å². The van der Waals surface area contributed by atoms with Gasteiger partial charge in [-0.15, -0.1) is 0 Å². The third-order valence-corrected chi connectivity index (χ3v) is 4.52. The number of piperidine rings is 1. The zero-order valence-electron chi connectivity index (χ0n) is 11.3. The van der Waals surface area contributed by atoms with E-state index in [1.165, 1.54) is 12.4 Å². The Hall–Kier alpha value is -1.69. The molecule has 2 N–H and O–H groups in total. The number of likely N-dealkylation sites (tertiary alicyclic amines) is 1. The smallest absolute Gasteiger partial charge is 0.272 e. The summed E-state index contributed by atoms with van der Waals surface area (Å²) in [6.45, 7) is 1.39. The molecule has 6 heteroatoms. The SMILES string of the molecule is O=C(c1cc(=O)[nH]cn1)N1CCC2CC(O)CCC2C1. The molecule has 1 aromatic rings. The number of carbonyl (C=O) groups is 1. The van der Waals surface area contributed by atoms with Gasteiger partial charge in [0.25, 0.3) is 11.5 Å². The molecule has 2 fully saturated rings. The maximum atomic E-state index is 12.4. The number of aromatic nitrogens is 2. The highest BCUT2D eigenvalue weighted by Crippen LogP contribution is 2.36. The molecule has 2 heterocycles. The summed E-state index contributed by atoms with van der Waals surface area (Å²) >= 11 is 0. The summed E-state index contributed by atoms with van der Waals surface area (Å²) in [5, 5.41) is 9.70. The van der Waals surface area contributed by atoms with Crippen LogP contribution in [0.4, 0.5) is 0 Å². The van der Waals surface area contributed by atoms with Crippen LogP contribution in [-0.4, -0.2) is 45.1 Å². The molecule has 1 amide bonds. The Labute approximate surface area is 116 Å². The molecule has 3 unspecified atom stereocenters. The Balaban J connectivity index is 1.70. The van der Waals surface area contributed by atoms with E-state index in [-0.39, 0.29) is 23.3 Å². The fraction of sp³-hybridized carbons (Fsp3) is 0.643. The Morgan fingerprint density at radius 1 is 1.35 bits per heavy atom. The van der Waals surface area contributed by atoms with Gasteiger partial charge in [0.1, 0.15) is 5.69 Å². The summed E-state index contributed by atoms with van der Waals surface area (Å²) in [7, 11) is 0. The van der Waals surface area contributed by atoms with Gasteiger partial charge < -0.3 is 15.0 Å². The minimum atomic E-state index is -0.306. The molecule has 0 spiro atoms. The van der Waals surface area contributed by atoms with E-state index in [1.807, 2.05) is 0 Å². The summed E-state index contributed by atoms with van der Waals surface area (Å²) in [6.07, 6.45) is 4.67. The van der Waals surface area contributed by atoms with Gasteiger partial charge in [-0.25, -0.2) is 4.98 Å². The lowest BCUT2D eigenvalue weighted by Crippen LogP contribution is -2.46. The molecule has 108 valence electrons. The molecule has 3 atom stereocenters. The largest absolute Gasteiger partial charge is 0.393 e. The molecule has 1 aliphatic carbocycles. The highest BCUT2D eigenvalue weighted by molar-refractivity contribution is 5.92. The molecule has 0 bridgehead atoms. The van der Waals surface area contributed by atoms with Crippen LogP contribution in [0.5, 0.6) is 0 Å². The number of aliphatic hydroxyl groups is 1. The molecule has 1 aromatic heterocycles. The van der Waals surface area contributed by atoms with Crippen LogP contribution < -0.4 is 5.56 Å². The van der Waals surface area contributed by atoms with Crippen LogP contribution >= 0.6 is 0 Å². The van der Waals surface area contributed by atoms with Gasteiger partial charge in [0, 0.05) is 19.2 Å². The number of hydrogen-bond acceptors (Lipinski definition) is 4. The van der Waals surface area contributed by atoms with Crippen molar-refractivity contribution in [3.8, 4) is 0 Å². The van der Waals surface area contributed by atoms with E-state index in [2.05, 4.69) is 9.97 Å². The van der Waals surface area contributed by atoms with E-state index in [9.17, 15) is 14.7 Å². The first-order valence-corrected chi connectivity index (χ1v) is 7.15. The Morgan fingerprint density at radius 2 is 2.20 bits per heavy atom. The fourth-order valence-electron chi connectivity index (χ4n) is 3.42. The van der Waals surface area contributed by atoms with Crippen molar-refractivity contribution in [1.82, 2.24) is 14.9 Å². The summed E-state index contributed by atoms with van der Waals surface area (Å²) in [5.41, 5.74) is -0.0953. The zero-order chi connectivity index (χ0) is 14.1. The van der Waals surface area contributed by atoms with Crippen molar-refractivity contribution in [2.75, 3.05) is 13.1 Å². The molecule has 0 radical (unpaired) electrons. The van der Waals surface area contributed by atoms with Crippen molar-refractivity contribution in [2.24, 2.45) is 11.8 Å². The third-order valence-electron chi connectivity index (χ3n) is 4.52. The van der Waals surface area contributed by atoms with Crippen molar-refractivity contribution in [2.45, 2.75) is 31.8 Å². The van der Waals surface area contributed by atoms with Crippen molar-refractivity contribution in [1.29, 1.82) is 0 Å². The second-order valence-corrected chi connectivity index (χ2v) is 5.82. The van der Waals surface area contributed by atoms with Crippen LogP contribution in [0.3, 0.4) is 0 Å². The Morgan fingerprint density at radius 3 is 3.00 bits per heavy atom. The summed E-state index contributed by atoms with van der Waals surface area (Å²) in [4.78, 5) is 31.8. The first-order chi connectivity index (χ1) is 9.63. The number of nitrogens with zero attached hydrogens (tertiary/aromatic N) is 2. The minimum absolute atomic E-state index is 0.166. The van der Waals surface area contributed by atoms with E-state index in [4.69, 9.17) is 0 Å². The predicted octanol–water partition coefficient (Wildman–Crippen LogP) is 0.393. The average molecular weight is 277 g/mol. The van der Waals surface area contributed by atoms with Crippen LogP contribution in [-0.2, 0) is 0 Å². The molecule has 20 heavy (non-hydrogen) atoms. The lowest BCUT2D eigenvalue weighted by molar-refractivity contribution is 0.0193. The molecule has 1 aliphatic heterocycles. The Bertz CT molecular complexity index is 557. The number of H-pyrrole nitrogens is 1. The Kier molecular flexibility index (Phi) is 3.56. The van der Waals surface area contributed by atoms with E-state index in [1.54, 1.807) is 4.90 Å². The first-order valence-electron chi connectivity index (χ1n) is 7.15. The zero-order valence-corrected chi connectivity index (χ0v) is 11.3. The fourth-order valence-corrected chi connectivity index (χ4v) is 3.42. The minimum Gasteiger partial charge on any atom is -0.393 e. The second kappa shape index (κ2) is 5.36. The molecular formula is C14H19N3O3. The molecule has 1 saturated carbocycles. The average Bonchev–Trinajstić information content (AvgIpc) is 2.46. The molecule has 3 rings (SSSR count). The number of hydrogen-bond donors (Lipinski definition) is 2. The van der Waals surface area contributed by atoms with Crippen molar-refractivity contribution < 1.29 is 9.90 Å². The second-order valence-electron chi connectivity index (χ2n) is 5.82. The highest BCUT2D eigenvalue weighted by atomic mass is 16.3. The van der Waals surface area contributed by atoms with Crippen LogP contribution in [0.1, 0.15) is 36.2 Å². The summed E-state index contributed by atoms with van der Waals surface area (Å²) < 4.78 is 0. The number of aromatic amines is 1. The quantitative estimate of drug-likeness (QED) is 0.777. The van der Waals surface area contributed by atoms with Gasteiger partial charge in [-0.3, -0.25) is 9.59 Å². The highest BCUT2D eigenvalue weighted by Gasteiger charge is 2.36. The van der Waals surface area contributed by atoms with Gasteiger partial charge in [-0.05, 0) is 37.5 Å². The summed E-state index contributed by atoms with van der Waals surface area (Å²) in [6, 6.07) is 1.25. The van der Waals surface area contributed by atoms with Gasteiger partial charge in [-0.2, -0.15) is 0 Å². The lowest BCUT2D eigenvalue weighted by atomic mass is 9.74. The molecular weight excluding hydrogens is 258 g/mol. The van der Waals surface area contributed by atoms with Crippen molar-refractivity contribution >= 4 is 5.91 Å². The monoisotopic (exact) mass is 277 g/mol. The molecule has 2 aliphatic rings. The van der Waals surface area contributed by atoms with E-state index in [0.29, 0.717) is 24.9 Å². The van der Waals surface area contributed by atoms with Crippen LogP contribution in [0.2, 0.25) is 0 Å². The molecule has 1 saturated heterocycles. The number of aliphatic hydroxyl groups excluding tert-OH is 1. The van der Waals surface area contributed by atoms with Crippen molar-refractivity contribution in [3.63, 3.8) is 0 Å². The number of amides is 1. The van der Waals surface area contributed by atoms with Gasteiger partial charge >= 0.3 is 0 Å². The van der Waals surface area contributed by atoms with Crippen molar-refractivity contribution in [3.05, 3.63) is 28.4 Å². The van der Waals surface area contributed by atoms with Crippen LogP contribution in [0.15, 0.2) is 17.2 Å². The number of rotatable bonds is 1. The third kappa shape index (κ3) is 2.60. The van der Waals surface area contributed by atoms with E-state index < -0.39 is 0 Å². The molecule has 0 aromatic carbocycles. The van der Waals surface area contributed by atoms with Gasteiger partial charge in [0.15, 0.2) is 0 Å².